The lowest BCUT2D eigenvalue weighted by Crippen LogP contribution is -2.35. The highest BCUT2D eigenvalue weighted by atomic mass is 35.5. The maximum Gasteiger partial charge on any atom is 0.261 e. The van der Waals surface area contributed by atoms with Crippen molar-refractivity contribution in [2.75, 3.05) is 13.2 Å². The molecular weight excluding hydrogens is 378 g/mol. The minimum absolute atomic E-state index is 0.197. The second kappa shape index (κ2) is 10.2. The van der Waals surface area contributed by atoms with Crippen molar-refractivity contribution in [1.82, 2.24) is 5.32 Å². The Morgan fingerprint density at radius 2 is 1.64 bits per heavy atom. The summed E-state index contributed by atoms with van der Waals surface area (Å²) in [5.74, 6) is 1.80. The van der Waals surface area contributed by atoms with E-state index in [9.17, 15) is 4.79 Å². The number of amides is 1. The Morgan fingerprint density at radius 1 is 1.04 bits per heavy atom. The van der Waals surface area contributed by atoms with E-state index in [2.05, 4.69) is 5.32 Å². The van der Waals surface area contributed by atoms with E-state index in [1.807, 2.05) is 58.0 Å². The largest absolute Gasteiger partial charge is 0.490 e. The molecule has 0 aliphatic rings. The summed E-state index contributed by atoms with van der Waals surface area (Å²) in [7, 11) is 0. The number of ether oxygens (including phenoxy) is 3. The summed E-state index contributed by atoms with van der Waals surface area (Å²) in [6.45, 7) is 10.9. The maximum atomic E-state index is 12.4. The third kappa shape index (κ3) is 5.80. The monoisotopic (exact) mass is 405 g/mol. The zero-order valence-corrected chi connectivity index (χ0v) is 17.9. The van der Waals surface area contributed by atoms with Gasteiger partial charge in [0.15, 0.2) is 17.6 Å². The molecule has 0 aliphatic carbocycles. The van der Waals surface area contributed by atoms with Crippen molar-refractivity contribution >= 4 is 17.5 Å². The van der Waals surface area contributed by atoms with Crippen LogP contribution in [0.15, 0.2) is 30.3 Å². The third-order valence-electron chi connectivity index (χ3n) is 4.17. The number of benzene rings is 2. The van der Waals surface area contributed by atoms with Crippen LogP contribution in [-0.4, -0.2) is 25.2 Å². The first kappa shape index (κ1) is 21.9. The molecule has 0 fully saturated rings. The van der Waals surface area contributed by atoms with Crippen LogP contribution in [0.4, 0.5) is 0 Å². The number of aryl methyl sites for hydroxylation is 2. The number of nitrogens with one attached hydrogen (secondary N) is 1. The van der Waals surface area contributed by atoms with Crippen molar-refractivity contribution < 1.29 is 19.0 Å². The van der Waals surface area contributed by atoms with Gasteiger partial charge in [-0.15, -0.1) is 0 Å². The fourth-order valence-electron chi connectivity index (χ4n) is 2.77. The van der Waals surface area contributed by atoms with Crippen LogP contribution in [0.2, 0.25) is 5.02 Å². The van der Waals surface area contributed by atoms with E-state index in [0.717, 1.165) is 16.7 Å². The molecule has 0 aliphatic heterocycles. The minimum Gasteiger partial charge on any atom is -0.490 e. The van der Waals surface area contributed by atoms with Crippen LogP contribution in [0.25, 0.3) is 0 Å². The Balaban J connectivity index is 1.98. The molecule has 0 saturated heterocycles. The number of hydrogen-bond acceptors (Lipinski definition) is 4. The average molecular weight is 406 g/mol. The van der Waals surface area contributed by atoms with Gasteiger partial charge >= 0.3 is 0 Å². The second-order valence-electron chi connectivity index (χ2n) is 6.50. The Kier molecular flexibility index (Phi) is 8.00. The Labute approximate surface area is 171 Å². The Hall–Kier alpha value is -2.40. The van der Waals surface area contributed by atoms with E-state index in [-0.39, 0.29) is 5.91 Å². The molecule has 0 radical (unpaired) electrons. The van der Waals surface area contributed by atoms with Gasteiger partial charge in [-0.2, -0.15) is 0 Å². The maximum absolute atomic E-state index is 12.4. The lowest BCUT2D eigenvalue weighted by Gasteiger charge is -2.17. The zero-order valence-electron chi connectivity index (χ0n) is 17.1. The standard InChI is InChI=1S/C22H28ClNO4/c1-6-26-19-9-8-17(12-20(19)27-7-2)13-24-22(25)16(5)28-18-10-14(3)21(23)15(4)11-18/h8-12,16H,6-7,13H2,1-5H3,(H,24,25). The zero-order chi connectivity index (χ0) is 20.7. The highest BCUT2D eigenvalue weighted by molar-refractivity contribution is 6.32. The van der Waals surface area contributed by atoms with Gasteiger partial charge in [0.1, 0.15) is 5.75 Å². The lowest BCUT2D eigenvalue weighted by atomic mass is 10.1. The number of carbonyl (C=O) groups excluding carboxylic acids is 1. The van der Waals surface area contributed by atoms with Gasteiger partial charge in [-0.05, 0) is 75.6 Å². The lowest BCUT2D eigenvalue weighted by molar-refractivity contribution is -0.127. The predicted molar refractivity (Wildman–Crippen MR) is 112 cm³/mol. The third-order valence-corrected chi connectivity index (χ3v) is 4.76. The van der Waals surface area contributed by atoms with Gasteiger partial charge in [0.2, 0.25) is 0 Å². The fourth-order valence-corrected chi connectivity index (χ4v) is 2.88. The quantitative estimate of drug-likeness (QED) is 0.648. The SMILES string of the molecule is CCOc1ccc(CNC(=O)C(C)Oc2cc(C)c(Cl)c(C)c2)cc1OCC. The first-order valence-corrected chi connectivity index (χ1v) is 9.83. The Morgan fingerprint density at radius 3 is 2.25 bits per heavy atom. The van der Waals surface area contributed by atoms with Gasteiger partial charge in [-0.1, -0.05) is 17.7 Å². The molecule has 1 N–H and O–H groups in total. The van der Waals surface area contributed by atoms with Crippen molar-refractivity contribution in [2.45, 2.75) is 47.3 Å². The molecule has 28 heavy (non-hydrogen) atoms. The van der Waals surface area contributed by atoms with Crippen molar-refractivity contribution in [3.63, 3.8) is 0 Å². The van der Waals surface area contributed by atoms with Crippen molar-refractivity contribution in [3.8, 4) is 17.2 Å². The highest BCUT2D eigenvalue weighted by Crippen LogP contribution is 2.29. The number of halogens is 1. The smallest absolute Gasteiger partial charge is 0.261 e. The van der Waals surface area contributed by atoms with E-state index in [1.54, 1.807) is 6.92 Å². The van der Waals surface area contributed by atoms with E-state index >= 15 is 0 Å². The molecule has 0 bridgehead atoms. The van der Waals surface area contributed by atoms with Crippen molar-refractivity contribution in [2.24, 2.45) is 0 Å². The topological polar surface area (TPSA) is 56.8 Å². The molecule has 2 rings (SSSR count). The molecule has 1 unspecified atom stereocenters. The number of carbonyl (C=O) groups is 1. The van der Waals surface area contributed by atoms with Gasteiger partial charge in [-0.3, -0.25) is 4.79 Å². The van der Waals surface area contributed by atoms with Crippen LogP contribution in [0.1, 0.15) is 37.5 Å². The van der Waals surface area contributed by atoms with Crippen molar-refractivity contribution in [3.05, 3.63) is 52.0 Å². The van der Waals surface area contributed by atoms with E-state index in [4.69, 9.17) is 25.8 Å². The van der Waals surface area contributed by atoms with Crippen LogP contribution in [0.5, 0.6) is 17.2 Å². The van der Waals surface area contributed by atoms with Crippen molar-refractivity contribution in [1.29, 1.82) is 0 Å². The second-order valence-corrected chi connectivity index (χ2v) is 6.87. The molecule has 0 spiro atoms. The summed E-state index contributed by atoms with van der Waals surface area (Å²) >= 11 is 6.18. The van der Waals surface area contributed by atoms with Gasteiger partial charge < -0.3 is 19.5 Å². The van der Waals surface area contributed by atoms with Gasteiger partial charge in [0.05, 0.1) is 13.2 Å². The highest BCUT2D eigenvalue weighted by Gasteiger charge is 2.16. The molecule has 2 aromatic carbocycles. The van der Waals surface area contributed by atoms with E-state index in [1.165, 1.54) is 0 Å². The summed E-state index contributed by atoms with van der Waals surface area (Å²) in [6.07, 6.45) is -0.631. The summed E-state index contributed by atoms with van der Waals surface area (Å²) in [5, 5.41) is 3.61. The summed E-state index contributed by atoms with van der Waals surface area (Å²) < 4.78 is 17.0. The molecule has 0 aromatic heterocycles. The number of rotatable bonds is 9. The summed E-state index contributed by atoms with van der Waals surface area (Å²) in [6, 6.07) is 9.31. The predicted octanol–water partition coefficient (Wildman–Crippen LogP) is 4.84. The van der Waals surface area contributed by atoms with Gasteiger partial charge in [-0.25, -0.2) is 0 Å². The minimum atomic E-state index is -0.631. The number of hydrogen-bond donors (Lipinski definition) is 1. The Bertz CT molecular complexity index is 799. The molecule has 1 atom stereocenters. The molecule has 6 heteroatoms. The first-order chi connectivity index (χ1) is 13.3. The van der Waals surface area contributed by atoms with Gasteiger partial charge in [0, 0.05) is 11.6 Å². The first-order valence-electron chi connectivity index (χ1n) is 9.45. The fraction of sp³-hybridized carbons (Fsp3) is 0.409. The van der Waals surface area contributed by atoms with Crippen LogP contribution < -0.4 is 19.5 Å². The van der Waals surface area contributed by atoms with Crippen LogP contribution in [-0.2, 0) is 11.3 Å². The summed E-state index contributed by atoms with van der Waals surface area (Å²) in [5.41, 5.74) is 2.76. The molecule has 0 heterocycles. The van der Waals surface area contributed by atoms with Crippen LogP contribution >= 0.6 is 11.6 Å². The molecular formula is C22H28ClNO4. The van der Waals surface area contributed by atoms with Crippen LogP contribution in [0.3, 0.4) is 0 Å². The molecule has 152 valence electrons. The summed E-state index contributed by atoms with van der Waals surface area (Å²) in [4.78, 5) is 12.4. The van der Waals surface area contributed by atoms with E-state index in [0.29, 0.717) is 42.0 Å². The molecule has 0 saturated carbocycles. The van der Waals surface area contributed by atoms with Gasteiger partial charge in [0.25, 0.3) is 5.91 Å². The normalized spacial score (nSPS) is 11.6. The average Bonchev–Trinajstić information content (AvgIpc) is 2.66. The van der Waals surface area contributed by atoms with E-state index < -0.39 is 6.10 Å². The molecule has 5 nitrogen and oxygen atoms in total. The molecule has 2 aromatic rings. The molecule has 1 amide bonds. The van der Waals surface area contributed by atoms with Crippen LogP contribution in [0, 0.1) is 13.8 Å².